The van der Waals surface area contributed by atoms with Crippen molar-refractivity contribution in [2.45, 2.75) is 38.8 Å². The third kappa shape index (κ3) is 5.53. The summed E-state index contributed by atoms with van der Waals surface area (Å²) in [6.07, 6.45) is 4.63. The Balaban J connectivity index is 1.23. The predicted molar refractivity (Wildman–Crippen MR) is 154 cm³/mol. The molecule has 0 spiro atoms. The molecular formula is C32H32N6O. The number of aryl methyl sites for hydroxylation is 2. The fraction of sp³-hybridized carbons (Fsp3) is 0.250. The van der Waals surface area contributed by atoms with E-state index in [9.17, 15) is 4.79 Å². The Bertz CT molecular complexity index is 1620. The van der Waals surface area contributed by atoms with Gasteiger partial charge in [0.05, 0.1) is 11.2 Å². The van der Waals surface area contributed by atoms with E-state index in [0.717, 1.165) is 64.9 Å². The summed E-state index contributed by atoms with van der Waals surface area (Å²) in [5.41, 5.74) is 6.99. The molecule has 6 rings (SSSR count). The number of aromatic nitrogens is 4. The van der Waals surface area contributed by atoms with E-state index in [-0.39, 0.29) is 5.91 Å². The second-order valence-electron chi connectivity index (χ2n) is 10.3. The van der Waals surface area contributed by atoms with Crippen LogP contribution < -0.4 is 5.32 Å². The highest BCUT2D eigenvalue weighted by molar-refractivity contribution is 5.93. The average molecular weight is 517 g/mol. The van der Waals surface area contributed by atoms with Gasteiger partial charge in [0.25, 0.3) is 5.91 Å². The number of anilines is 1. The molecule has 1 saturated carbocycles. The van der Waals surface area contributed by atoms with Gasteiger partial charge in [-0.2, -0.15) is 5.10 Å². The summed E-state index contributed by atoms with van der Waals surface area (Å²) in [4.78, 5) is 24.4. The molecule has 5 aromatic rings. The Morgan fingerprint density at radius 3 is 2.51 bits per heavy atom. The Labute approximate surface area is 228 Å². The average Bonchev–Trinajstić information content (AvgIpc) is 3.74. The van der Waals surface area contributed by atoms with E-state index in [1.165, 1.54) is 5.56 Å². The first kappa shape index (κ1) is 24.8. The summed E-state index contributed by atoms with van der Waals surface area (Å²) < 4.78 is 1.69. The highest BCUT2D eigenvalue weighted by Crippen LogP contribution is 2.32. The number of benzene rings is 3. The van der Waals surface area contributed by atoms with Crippen LogP contribution in [0.2, 0.25) is 0 Å². The first-order valence-corrected chi connectivity index (χ1v) is 13.5. The number of carbonyl (C=O) groups excluding carboxylic acids is 1. The molecule has 196 valence electrons. The lowest BCUT2D eigenvalue weighted by atomic mass is 10.0. The van der Waals surface area contributed by atoms with E-state index >= 15 is 0 Å². The molecule has 0 bridgehead atoms. The maximum absolute atomic E-state index is 13.4. The van der Waals surface area contributed by atoms with Crippen LogP contribution in [0.1, 0.15) is 40.2 Å². The molecule has 7 nitrogen and oxygen atoms in total. The van der Waals surface area contributed by atoms with Crippen LogP contribution >= 0.6 is 0 Å². The molecule has 3 aromatic carbocycles. The Kier molecular flexibility index (Phi) is 6.80. The van der Waals surface area contributed by atoms with Crippen LogP contribution in [0.25, 0.3) is 22.0 Å². The maximum Gasteiger partial charge on any atom is 0.272 e. The normalized spacial score (nSPS) is 13.0. The van der Waals surface area contributed by atoms with Crippen molar-refractivity contribution >= 4 is 22.6 Å². The van der Waals surface area contributed by atoms with E-state index in [2.05, 4.69) is 81.0 Å². The minimum Gasteiger partial charge on any atom is -0.369 e. The van der Waals surface area contributed by atoms with Crippen molar-refractivity contribution in [3.05, 3.63) is 108 Å². The lowest BCUT2D eigenvalue weighted by Crippen LogP contribution is -2.33. The number of rotatable bonds is 9. The summed E-state index contributed by atoms with van der Waals surface area (Å²) in [6, 6.07) is 27.4. The number of hydrogen-bond acceptors (Lipinski definition) is 5. The highest BCUT2D eigenvalue weighted by atomic mass is 16.2. The number of nitrogens with zero attached hydrogens (tertiary/aromatic N) is 5. The van der Waals surface area contributed by atoms with Crippen molar-refractivity contribution in [2.24, 2.45) is 7.05 Å². The third-order valence-corrected chi connectivity index (χ3v) is 7.27. The molecule has 7 heteroatoms. The van der Waals surface area contributed by atoms with Crippen molar-refractivity contribution in [3.8, 4) is 11.1 Å². The van der Waals surface area contributed by atoms with Gasteiger partial charge in [-0.15, -0.1) is 0 Å². The smallest absolute Gasteiger partial charge is 0.272 e. The molecule has 1 aliphatic carbocycles. The molecular weight excluding hydrogens is 484 g/mol. The van der Waals surface area contributed by atoms with Gasteiger partial charge in [-0.3, -0.25) is 9.48 Å². The summed E-state index contributed by atoms with van der Waals surface area (Å²) in [5.74, 6) is 0.881. The van der Waals surface area contributed by atoms with Gasteiger partial charge in [-0.05, 0) is 72.7 Å². The maximum atomic E-state index is 13.4. The largest absolute Gasteiger partial charge is 0.369 e. The van der Waals surface area contributed by atoms with Gasteiger partial charge >= 0.3 is 0 Å². The Hall–Kier alpha value is -4.52. The lowest BCUT2D eigenvalue weighted by molar-refractivity contribution is 0.0718. The molecule has 2 aromatic heterocycles. The van der Waals surface area contributed by atoms with E-state index < -0.39 is 0 Å². The molecule has 1 fully saturated rings. The van der Waals surface area contributed by atoms with E-state index in [0.29, 0.717) is 18.3 Å². The predicted octanol–water partition coefficient (Wildman–Crippen LogP) is 5.80. The van der Waals surface area contributed by atoms with E-state index in [1.807, 2.05) is 37.1 Å². The van der Waals surface area contributed by atoms with Crippen LogP contribution in [0.4, 0.5) is 5.82 Å². The van der Waals surface area contributed by atoms with Crippen LogP contribution in [-0.4, -0.2) is 43.1 Å². The number of amides is 1. The molecule has 2 heterocycles. The fourth-order valence-corrected chi connectivity index (χ4v) is 5.10. The quantitative estimate of drug-likeness (QED) is 0.268. The topological polar surface area (TPSA) is 75.9 Å². The van der Waals surface area contributed by atoms with Crippen molar-refractivity contribution in [3.63, 3.8) is 0 Å². The van der Waals surface area contributed by atoms with Crippen molar-refractivity contribution in [2.75, 3.05) is 11.9 Å². The number of hydrogen-bond donors (Lipinski definition) is 1. The number of nitrogens with one attached hydrogen (secondary N) is 1. The highest BCUT2D eigenvalue weighted by Gasteiger charge is 2.34. The zero-order valence-electron chi connectivity index (χ0n) is 22.3. The molecule has 1 N–H and O–H groups in total. The fourth-order valence-electron chi connectivity index (χ4n) is 5.10. The standard InChI is InChI=1S/C32H32N6O/c1-22-17-30(37(2)36-22)32(39)38(27-12-13-27)20-24-9-6-10-25(18-24)26-11-14-29-28(19-26)31(35-21-34-29)33-16-15-23-7-4-3-5-8-23/h3-11,14,17-19,21,27H,12-13,15-16,20H2,1-2H3,(H,33,34,35). The summed E-state index contributed by atoms with van der Waals surface area (Å²) in [6.45, 7) is 3.28. The van der Waals surface area contributed by atoms with E-state index in [1.54, 1.807) is 11.0 Å². The Morgan fingerprint density at radius 1 is 0.949 bits per heavy atom. The third-order valence-electron chi connectivity index (χ3n) is 7.27. The van der Waals surface area contributed by atoms with Crippen molar-refractivity contribution in [1.82, 2.24) is 24.6 Å². The van der Waals surface area contributed by atoms with Crippen LogP contribution in [0, 0.1) is 6.92 Å². The van der Waals surface area contributed by atoms with Crippen LogP contribution in [-0.2, 0) is 20.0 Å². The first-order valence-electron chi connectivity index (χ1n) is 13.5. The molecule has 0 atom stereocenters. The molecule has 1 amide bonds. The van der Waals surface area contributed by atoms with Crippen molar-refractivity contribution < 1.29 is 4.79 Å². The van der Waals surface area contributed by atoms with Gasteiger partial charge in [-0.1, -0.05) is 54.6 Å². The Morgan fingerprint density at radius 2 is 1.74 bits per heavy atom. The van der Waals surface area contributed by atoms with Gasteiger partial charge in [-0.25, -0.2) is 9.97 Å². The second kappa shape index (κ2) is 10.7. The van der Waals surface area contributed by atoms with Crippen LogP contribution in [0.5, 0.6) is 0 Å². The minimum atomic E-state index is 0.0417. The van der Waals surface area contributed by atoms with Gasteiger partial charge in [0.2, 0.25) is 0 Å². The van der Waals surface area contributed by atoms with E-state index in [4.69, 9.17) is 0 Å². The SMILES string of the molecule is Cc1cc(C(=O)N(Cc2cccc(-c3ccc4ncnc(NCCc5ccccc5)c4c3)c2)C2CC2)n(C)n1. The lowest BCUT2D eigenvalue weighted by Gasteiger charge is -2.23. The second-order valence-corrected chi connectivity index (χ2v) is 10.3. The van der Waals surface area contributed by atoms with Crippen LogP contribution in [0.3, 0.4) is 0 Å². The molecule has 0 unspecified atom stereocenters. The van der Waals surface area contributed by atoms with Crippen LogP contribution in [0.15, 0.2) is 85.2 Å². The number of carbonyl (C=O) groups is 1. The first-order chi connectivity index (χ1) is 19.0. The van der Waals surface area contributed by atoms with Gasteiger partial charge < -0.3 is 10.2 Å². The molecule has 1 aliphatic rings. The van der Waals surface area contributed by atoms with Gasteiger partial charge in [0.15, 0.2) is 0 Å². The van der Waals surface area contributed by atoms with Gasteiger partial charge in [0, 0.05) is 31.6 Å². The van der Waals surface area contributed by atoms with Crippen molar-refractivity contribution in [1.29, 1.82) is 0 Å². The number of fused-ring (bicyclic) bond motifs is 1. The molecule has 0 aliphatic heterocycles. The summed E-state index contributed by atoms with van der Waals surface area (Å²) in [5, 5.41) is 8.87. The molecule has 0 radical (unpaired) electrons. The monoisotopic (exact) mass is 516 g/mol. The van der Waals surface area contributed by atoms with Gasteiger partial charge in [0.1, 0.15) is 17.8 Å². The summed E-state index contributed by atoms with van der Waals surface area (Å²) in [7, 11) is 1.83. The zero-order chi connectivity index (χ0) is 26.8. The summed E-state index contributed by atoms with van der Waals surface area (Å²) >= 11 is 0. The zero-order valence-corrected chi connectivity index (χ0v) is 22.3. The molecule has 39 heavy (non-hydrogen) atoms. The minimum absolute atomic E-state index is 0.0417. The molecule has 0 saturated heterocycles.